The van der Waals surface area contributed by atoms with Gasteiger partial charge in [-0.25, -0.2) is 0 Å². The second kappa shape index (κ2) is 6.91. The van der Waals surface area contributed by atoms with Crippen LogP contribution in [0.1, 0.15) is 19.3 Å². The van der Waals surface area contributed by atoms with Crippen molar-refractivity contribution in [3.63, 3.8) is 0 Å². The zero-order valence-electron chi connectivity index (χ0n) is 10.7. The minimum Gasteiger partial charge on any atom is -0.492 e. The van der Waals surface area contributed by atoms with Crippen LogP contribution in [0.3, 0.4) is 0 Å². The second-order valence-electron chi connectivity index (χ2n) is 4.74. The monoisotopic (exact) mass is 327 g/mol. The van der Waals surface area contributed by atoms with E-state index in [0.717, 1.165) is 36.2 Å². The third-order valence-corrected chi connectivity index (χ3v) is 3.85. The number of carboxylic acids is 1. The fraction of sp³-hybridized carbons (Fsp3) is 0.500. The van der Waals surface area contributed by atoms with Gasteiger partial charge in [0.1, 0.15) is 12.4 Å². The van der Waals surface area contributed by atoms with E-state index < -0.39 is 5.97 Å². The standard InChI is InChI=1S/C14H18BrNO3/c15-11-3-1-5-13(9-11)19-8-7-16-6-2-4-12(16)10-14(17)18/h1,3,5,9,12H,2,4,6-8,10H2,(H,17,18). The molecule has 1 aliphatic heterocycles. The van der Waals surface area contributed by atoms with Crippen molar-refractivity contribution in [2.24, 2.45) is 0 Å². The lowest BCUT2D eigenvalue weighted by atomic mass is 10.1. The molecule has 0 radical (unpaired) electrons. The molecule has 0 amide bonds. The molecule has 1 N–H and O–H groups in total. The van der Waals surface area contributed by atoms with Crippen LogP contribution in [0.15, 0.2) is 28.7 Å². The zero-order valence-corrected chi connectivity index (χ0v) is 12.3. The molecule has 1 saturated heterocycles. The molecular weight excluding hydrogens is 310 g/mol. The topological polar surface area (TPSA) is 49.8 Å². The Hall–Kier alpha value is -1.07. The van der Waals surface area contributed by atoms with E-state index in [9.17, 15) is 4.79 Å². The van der Waals surface area contributed by atoms with E-state index in [4.69, 9.17) is 9.84 Å². The predicted octanol–water partition coefficient (Wildman–Crippen LogP) is 2.77. The molecule has 0 aliphatic carbocycles. The summed E-state index contributed by atoms with van der Waals surface area (Å²) in [5.41, 5.74) is 0. The van der Waals surface area contributed by atoms with Crippen LogP contribution in [0, 0.1) is 0 Å². The Balaban J connectivity index is 1.77. The van der Waals surface area contributed by atoms with Gasteiger partial charge in [-0.3, -0.25) is 9.69 Å². The van der Waals surface area contributed by atoms with E-state index >= 15 is 0 Å². The smallest absolute Gasteiger partial charge is 0.304 e. The van der Waals surface area contributed by atoms with Gasteiger partial charge in [0.15, 0.2) is 0 Å². The van der Waals surface area contributed by atoms with Gasteiger partial charge in [-0.05, 0) is 37.6 Å². The van der Waals surface area contributed by atoms with Crippen LogP contribution >= 0.6 is 15.9 Å². The maximum atomic E-state index is 10.8. The summed E-state index contributed by atoms with van der Waals surface area (Å²) in [5.74, 6) is 0.119. The van der Waals surface area contributed by atoms with Crippen LogP contribution in [-0.4, -0.2) is 41.7 Å². The van der Waals surface area contributed by atoms with Crippen LogP contribution in [0.5, 0.6) is 5.75 Å². The minimum absolute atomic E-state index is 0.170. The molecule has 1 heterocycles. The highest BCUT2D eigenvalue weighted by atomic mass is 79.9. The summed E-state index contributed by atoms with van der Waals surface area (Å²) in [6.45, 7) is 2.34. The first-order valence-corrected chi connectivity index (χ1v) is 7.28. The van der Waals surface area contributed by atoms with Crippen LogP contribution in [-0.2, 0) is 4.79 Å². The molecule has 104 valence electrons. The lowest BCUT2D eigenvalue weighted by Gasteiger charge is -2.23. The molecule has 1 aliphatic rings. The molecule has 0 saturated carbocycles. The molecule has 1 atom stereocenters. The Morgan fingerprint density at radius 1 is 1.53 bits per heavy atom. The highest BCUT2D eigenvalue weighted by Gasteiger charge is 2.26. The summed E-state index contributed by atoms with van der Waals surface area (Å²) in [4.78, 5) is 13.0. The van der Waals surface area contributed by atoms with Crippen molar-refractivity contribution in [2.75, 3.05) is 19.7 Å². The summed E-state index contributed by atoms with van der Waals surface area (Å²) in [6.07, 6.45) is 2.29. The van der Waals surface area contributed by atoms with Gasteiger partial charge in [-0.1, -0.05) is 22.0 Å². The van der Waals surface area contributed by atoms with Gasteiger partial charge in [0, 0.05) is 17.1 Å². The molecule has 19 heavy (non-hydrogen) atoms. The van der Waals surface area contributed by atoms with E-state index in [-0.39, 0.29) is 12.5 Å². The number of nitrogens with zero attached hydrogens (tertiary/aromatic N) is 1. The van der Waals surface area contributed by atoms with Crippen molar-refractivity contribution < 1.29 is 14.6 Å². The highest BCUT2D eigenvalue weighted by molar-refractivity contribution is 9.10. The van der Waals surface area contributed by atoms with Crippen molar-refractivity contribution in [3.8, 4) is 5.75 Å². The second-order valence-corrected chi connectivity index (χ2v) is 5.65. The molecule has 1 aromatic carbocycles. The molecule has 0 bridgehead atoms. The molecule has 1 unspecified atom stereocenters. The molecule has 5 heteroatoms. The third kappa shape index (κ3) is 4.51. The molecular formula is C14H18BrNO3. The fourth-order valence-corrected chi connectivity index (χ4v) is 2.84. The van der Waals surface area contributed by atoms with Crippen LogP contribution in [0.4, 0.5) is 0 Å². The number of hydrogen-bond donors (Lipinski definition) is 1. The summed E-state index contributed by atoms with van der Waals surface area (Å²) in [7, 11) is 0. The molecule has 1 aromatic rings. The Morgan fingerprint density at radius 3 is 3.11 bits per heavy atom. The van der Waals surface area contributed by atoms with Gasteiger partial charge >= 0.3 is 5.97 Å². The van der Waals surface area contributed by atoms with Gasteiger partial charge < -0.3 is 9.84 Å². The Morgan fingerprint density at radius 2 is 2.37 bits per heavy atom. The van der Waals surface area contributed by atoms with Gasteiger partial charge in [-0.2, -0.15) is 0 Å². The van der Waals surface area contributed by atoms with E-state index in [1.54, 1.807) is 0 Å². The number of carboxylic acid groups (broad SMARTS) is 1. The predicted molar refractivity (Wildman–Crippen MR) is 76.5 cm³/mol. The quantitative estimate of drug-likeness (QED) is 0.872. The Bertz CT molecular complexity index is 438. The molecule has 1 fully saturated rings. The van der Waals surface area contributed by atoms with E-state index in [0.29, 0.717) is 6.61 Å². The first-order valence-electron chi connectivity index (χ1n) is 6.49. The van der Waals surface area contributed by atoms with E-state index in [2.05, 4.69) is 20.8 Å². The lowest BCUT2D eigenvalue weighted by Crippen LogP contribution is -2.34. The number of likely N-dealkylation sites (tertiary alicyclic amines) is 1. The normalized spacial score (nSPS) is 19.5. The average Bonchev–Trinajstić information content (AvgIpc) is 2.76. The van der Waals surface area contributed by atoms with Crippen LogP contribution in [0.2, 0.25) is 0 Å². The van der Waals surface area contributed by atoms with Crippen molar-refractivity contribution in [1.29, 1.82) is 0 Å². The van der Waals surface area contributed by atoms with Crippen LogP contribution in [0.25, 0.3) is 0 Å². The number of hydrogen-bond acceptors (Lipinski definition) is 3. The van der Waals surface area contributed by atoms with Gasteiger partial charge in [0.2, 0.25) is 0 Å². The maximum absolute atomic E-state index is 10.8. The fourth-order valence-electron chi connectivity index (χ4n) is 2.46. The lowest BCUT2D eigenvalue weighted by molar-refractivity contribution is -0.138. The molecule has 0 aromatic heterocycles. The number of halogens is 1. The zero-order chi connectivity index (χ0) is 13.7. The summed E-state index contributed by atoms with van der Waals surface area (Å²) in [5, 5.41) is 8.86. The number of rotatable bonds is 6. The van der Waals surface area contributed by atoms with E-state index in [1.165, 1.54) is 0 Å². The molecule has 4 nitrogen and oxygen atoms in total. The minimum atomic E-state index is -0.718. The summed E-state index contributed by atoms with van der Waals surface area (Å²) < 4.78 is 6.68. The number of carbonyl (C=O) groups is 1. The Kier molecular flexibility index (Phi) is 5.22. The van der Waals surface area contributed by atoms with Crippen molar-refractivity contribution in [2.45, 2.75) is 25.3 Å². The first kappa shape index (κ1) is 14.3. The summed E-state index contributed by atoms with van der Waals surface area (Å²) >= 11 is 3.40. The first-order chi connectivity index (χ1) is 9.15. The largest absolute Gasteiger partial charge is 0.492 e. The van der Waals surface area contributed by atoms with Crippen molar-refractivity contribution in [3.05, 3.63) is 28.7 Å². The average molecular weight is 328 g/mol. The van der Waals surface area contributed by atoms with Gasteiger partial charge in [0.05, 0.1) is 6.42 Å². The third-order valence-electron chi connectivity index (χ3n) is 3.35. The van der Waals surface area contributed by atoms with Crippen molar-refractivity contribution >= 4 is 21.9 Å². The highest BCUT2D eigenvalue weighted by Crippen LogP contribution is 2.21. The van der Waals surface area contributed by atoms with Gasteiger partial charge in [-0.15, -0.1) is 0 Å². The molecule has 0 spiro atoms. The summed E-state index contributed by atoms with van der Waals surface area (Å²) in [6, 6.07) is 7.91. The number of ether oxygens (including phenoxy) is 1. The SMILES string of the molecule is O=C(O)CC1CCCN1CCOc1cccc(Br)c1. The van der Waals surface area contributed by atoms with Crippen molar-refractivity contribution in [1.82, 2.24) is 4.90 Å². The maximum Gasteiger partial charge on any atom is 0.304 e. The van der Waals surface area contributed by atoms with Crippen LogP contribution < -0.4 is 4.74 Å². The van der Waals surface area contributed by atoms with Gasteiger partial charge in [0.25, 0.3) is 0 Å². The molecule has 2 rings (SSSR count). The number of aliphatic carboxylic acids is 1. The Labute approximate surface area is 121 Å². The van der Waals surface area contributed by atoms with E-state index in [1.807, 2.05) is 24.3 Å². The number of benzene rings is 1.